The highest BCUT2D eigenvalue weighted by Gasteiger charge is 2.22. The van der Waals surface area contributed by atoms with Crippen LogP contribution in [-0.4, -0.2) is 5.78 Å². The number of hydrogen-bond donors (Lipinski definition) is 0. The van der Waals surface area contributed by atoms with Crippen molar-refractivity contribution in [2.45, 2.75) is 32.6 Å². The Kier molecular flexibility index (Phi) is 2.95. The number of ketones is 1. The Labute approximate surface area is 70.5 Å². The van der Waals surface area contributed by atoms with Crippen LogP contribution in [0.1, 0.15) is 32.6 Å². The van der Waals surface area contributed by atoms with Crippen molar-refractivity contribution < 1.29 is 13.6 Å². The average Bonchev–Trinajstić information content (AvgIpc) is 2.04. The minimum atomic E-state index is -1.54. The molecule has 0 aliphatic heterocycles. The van der Waals surface area contributed by atoms with Gasteiger partial charge in [0.25, 0.3) is 6.08 Å². The SMILES string of the molecule is CC(=O)C1CCC(=C(F)F)CC1. The predicted molar refractivity (Wildman–Crippen MR) is 41.9 cm³/mol. The van der Waals surface area contributed by atoms with Gasteiger partial charge in [0, 0.05) is 5.92 Å². The molecule has 0 aromatic heterocycles. The Bertz CT molecular complexity index is 207. The van der Waals surface area contributed by atoms with Crippen molar-refractivity contribution in [3.05, 3.63) is 11.7 Å². The van der Waals surface area contributed by atoms with Crippen molar-refractivity contribution in [2.75, 3.05) is 0 Å². The van der Waals surface area contributed by atoms with Crippen LogP contribution >= 0.6 is 0 Å². The average molecular weight is 174 g/mol. The molecule has 0 spiro atoms. The van der Waals surface area contributed by atoms with Crippen LogP contribution in [0.2, 0.25) is 0 Å². The van der Waals surface area contributed by atoms with Crippen molar-refractivity contribution in [3.8, 4) is 0 Å². The molecule has 1 rings (SSSR count). The highest BCUT2D eigenvalue weighted by atomic mass is 19.3. The second kappa shape index (κ2) is 3.78. The van der Waals surface area contributed by atoms with Gasteiger partial charge in [-0.1, -0.05) is 0 Å². The fourth-order valence-electron chi connectivity index (χ4n) is 1.56. The van der Waals surface area contributed by atoms with E-state index in [4.69, 9.17) is 0 Å². The molecule has 0 atom stereocenters. The van der Waals surface area contributed by atoms with Crippen molar-refractivity contribution in [2.24, 2.45) is 5.92 Å². The lowest BCUT2D eigenvalue weighted by molar-refractivity contribution is -0.121. The number of rotatable bonds is 1. The van der Waals surface area contributed by atoms with Gasteiger partial charge < -0.3 is 0 Å². The van der Waals surface area contributed by atoms with E-state index in [1.165, 1.54) is 6.92 Å². The van der Waals surface area contributed by atoms with E-state index in [-0.39, 0.29) is 17.3 Å². The molecule has 0 saturated heterocycles. The smallest absolute Gasteiger partial charge is 0.269 e. The van der Waals surface area contributed by atoms with Crippen LogP contribution in [0.3, 0.4) is 0 Å². The minimum absolute atomic E-state index is 0.0214. The topological polar surface area (TPSA) is 17.1 Å². The summed E-state index contributed by atoms with van der Waals surface area (Å²) in [5.74, 6) is 0.154. The van der Waals surface area contributed by atoms with E-state index in [1.807, 2.05) is 0 Å². The van der Waals surface area contributed by atoms with E-state index in [1.54, 1.807) is 0 Å². The second-order valence-corrected chi connectivity index (χ2v) is 3.25. The molecule has 0 bridgehead atoms. The summed E-state index contributed by atoms with van der Waals surface area (Å²) in [4.78, 5) is 10.9. The molecule has 0 aromatic carbocycles. The van der Waals surface area contributed by atoms with E-state index in [9.17, 15) is 13.6 Å². The maximum atomic E-state index is 12.0. The monoisotopic (exact) mass is 174 g/mol. The number of carbonyl (C=O) groups excluding carboxylic acids is 1. The van der Waals surface area contributed by atoms with Gasteiger partial charge in [-0.05, 0) is 38.2 Å². The molecule has 1 aliphatic rings. The molecule has 1 saturated carbocycles. The van der Waals surface area contributed by atoms with Gasteiger partial charge in [0.05, 0.1) is 0 Å². The number of carbonyl (C=O) groups is 1. The van der Waals surface area contributed by atoms with Gasteiger partial charge >= 0.3 is 0 Å². The van der Waals surface area contributed by atoms with Gasteiger partial charge in [-0.25, -0.2) is 0 Å². The maximum absolute atomic E-state index is 12.0. The van der Waals surface area contributed by atoms with E-state index in [0.29, 0.717) is 25.7 Å². The third-order valence-electron chi connectivity index (χ3n) is 2.43. The van der Waals surface area contributed by atoms with Gasteiger partial charge in [0.1, 0.15) is 5.78 Å². The first-order valence-electron chi connectivity index (χ1n) is 4.14. The summed E-state index contributed by atoms with van der Waals surface area (Å²) < 4.78 is 24.1. The molecule has 68 valence electrons. The maximum Gasteiger partial charge on any atom is 0.269 e. The molecule has 1 nitrogen and oxygen atoms in total. The van der Waals surface area contributed by atoms with Gasteiger partial charge in [0.15, 0.2) is 0 Å². The van der Waals surface area contributed by atoms with Crippen LogP contribution in [0.5, 0.6) is 0 Å². The van der Waals surface area contributed by atoms with Crippen LogP contribution in [0, 0.1) is 5.92 Å². The van der Waals surface area contributed by atoms with E-state index >= 15 is 0 Å². The lowest BCUT2D eigenvalue weighted by Gasteiger charge is -2.20. The lowest BCUT2D eigenvalue weighted by Crippen LogP contribution is -2.15. The van der Waals surface area contributed by atoms with Crippen LogP contribution in [0.15, 0.2) is 11.7 Å². The van der Waals surface area contributed by atoms with Crippen LogP contribution in [0.25, 0.3) is 0 Å². The standard InChI is InChI=1S/C9H12F2O/c1-6(12)7-2-4-8(5-3-7)9(10)11/h7H,2-5H2,1H3. The van der Waals surface area contributed by atoms with Crippen molar-refractivity contribution >= 4 is 5.78 Å². The first kappa shape index (κ1) is 9.36. The van der Waals surface area contributed by atoms with Crippen molar-refractivity contribution in [1.82, 2.24) is 0 Å². The number of halogens is 2. The summed E-state index contributed by atoms with van der Waals surface area (Å²) >= 11 is 0. The number of Topliss-reactive ketones (excluding diaryl/α,β-unsaturated/α-hetero) is 1. The van der Waals surface area contributed by atoms with E-state index in [2.05, 4.69) is 0 Å². The Balaban J connectivity index is 2.51. The predicted octanol–water partition coefficient (Wildman–Crippen LogP) is 2.92. The molecule has 0 heterocycles. The molecule has 3 heteroatoms. The van der Waals surface area contributed by atoms with Crippen molar-refractivity contribution in [1.29, 1.82) is 0 Å². The molecule has 12 heavy (non-hydrogen) atoms. The van der Waals surface area contributed by atoms with E-state index in [0.717, 1.165) is 0 Å². The summed E-state index contributed by atoms with van der Waals surface area (Å²) in [6.07, 6.45) is 0.445. The second-order valence-electron chi connectivity index (χ2n) is 3.25. The molecule has 1 fully saturated rings. The zero-order valence-corrected chi connectivity index (χ0v) is 7.07. The van der Waals surface area contributed by atoms with Crippen LogP contribution < -0.4 is 0 Å². The molecule has 0 N–H and O–H groups in total. The Morgan fingerprint density at radius 1 is 1.33 bits per heavy atom. The van der Waals surface area contributed by atoms with Crippen molar-refractivity contribution in [3.63, 3.8) is 0 Å². The first-order valence-corrected chi connectivity index (χ1v) is 4.14. The Morgan fingerprint density at radius 2 is 1.83 bits per heavy atom. The van der Waals surface area contributed by atoms with E-state index < -0.39 is 6.08 Å². The third kappa shape index (κ3) is 2.13. The summed E-state index contributed by atoms with van der Waals surface area (Å²) in [5, 5.41) is 0. The van der Waals surface area contributed by atoms with Gasteiger partial charge in [-0.3, -0.25) is 4.79 Å². The summed E-state index contributed by atoms with van der Waals surface area (Å²) in [7, 11) is 0. The normalized spacial score (nSPS) is 23.9. The lowest BCUT2D eigenvalue weighted by atomic mass is 9.84. The fraction of sp³-hybridized carbons (Fsp3) is 0.667. The number of hydrogen-bond acceptors (Lipinski definition) is 1. The molecular formula is C9H12F2O. The van der Waals surface area contributed by atoms with Crippen LogP contribution in [-0.2, 0) is 4.79 Å². The van der Waals surface area contributed by atoms with Gasteiger partial charge in [0.2, 0.25) is 0 Å². The molecule has 0 amide bonds. The molecule has 1 aliphatic carbocycles. The third-order valence-corrected chi connectivity index (χ3v) is 2.43. The highest BCUT2D eigenvalue weighted by molar-refractivity contribution is 5.78. The zero-order chi connectivity index (χ0) is 9.14. The number of allylic oxidation sites excluding steroid dienone is 1. The Morgan fingerprint density at radius 3 is 2.17 bits per heavy atom. The molecule has 0 radical (unpaired) electrons. The highest BCUT2D eigenvalue weighted by Crippen LogP contribution is 2.31. The van der Waals surface area contributed by atoms with Gasteiger partial charge in [-0.15, -0.1) is 0 Å². The largest absolute Gasteiger partial charge is 0.300 e. The zero-order valence-electron chi connectivity index (χ0n) is 7.07. The summed E-state index contributed by atoms with van der Waals surface area (Å²) in [6.45, 7) is 1.53. The quantitative estimate of drug-likeness (QED) is 0.597. The minimum Gasteiger partial charge on any atom is -0.300 e. The Hall–Kier alpha value is -0.730. The fourth-order valence-corrected chi connectivity index (χ4v) is 1.56. The summed E-state index contributed by atoms with van der Waals surface area (Å²) in [5.41, 5.74) is 0.243. The van der Waals surface area contributed by atoms with Gasteiger partial charge in [-0.2, -0.15) is 8.78 Å². The molecular weight excluding hydrogens is 162 g/mol. The van der Waals surface area contributed by atoms with Crippen LogP contribution in [0.4, 0.5) is 8.78 Å². The first-order chi connectivity index (χ1) is 5.61. The molecule has 0 unspecified atom stereocenters. The summed E-state index contributed by atoms with van der Waals surface area (Å²) in [6, 6.07) is 0. The molecule has 0 aromatic rings.